The fourth-order valence-electron chi connectivity index (χ4n) is 1.87. The Hall–Kier alpha value is 0.137. The second-order valence-electron chi connectivity index (χ2n) is 2.96. The Morgan fingerprint density at radius 3 is 2.90 bits per heavy atom. The van der Waals surface area contributed by atoms with Gasteiger partial charge in [-0.2, -0.15) is 0 Å². The lowest BCUT2D eigenvalue weighted by Crippen LogP contribution is -2.25. The Labute approximate surface area is 64.3 Å². The van der Waals surface area contributed by atoms with Crippen LogP contribution in [0.3, 0.4) is 0 Å². The molecule has 2 bridgehead atoms. The first-order chi connectivity index (χ1) is 4.90. The minimum atomic E-state index is 0.372. The molecule has 0 saturated carbocycles. The molecule has 2 heterocycles. The van der Waals surface area contributed by atoms with Crippen LogP contribution in [0.4, 0.5) is 0 Å². The van der Waals surface area contributed by atoms with E-state index in [1.165, 1.54) is 12.8 Å². The molecule has 2 aliphatic heterocycles. The van der Waals surface area contributed by atoms with Crippen molar-refractivity contribution in [2.24, 2.45) is 0 Å². The van der Waals surface area contributed by atoms with E-state index in [1.807, 2.05) is 0 Å². The van der Waals surface area contributed by atoms with E-state index < -0.39 is 0 Å². The van der Waals surface area contributed by atoms with Gasteiger partial charge in [-0.3, -0.25) is 0 Å². The molecule has 2 rings (SSSR count). The maximum Gasteiger partial charge on any atom is 0.0856 e. The number of fused-ring (bicyclic) bond motifs is 2. The monoisotopic (exact) mass is 155 g/mol. The van der Waals surface area contributed by atoms with Gasteiger partial charge in [0.1, 0.15) is 0 Å². The Morgan fingerprint density at radius 2 is 2.40 bits per heavy atom. The van der Waals surface area contributed by atoms with Crippen LogP contribution in [0.1, 0.15) is 19.3 Å². The summed E-state index contributed by atoms with van der Waals surface area (Å²) in [5, 5.41) is 0. The first kappa shape index (κ1) is 6.82. The third-order valence-corrected chi connectivity index (χ3v) is 2.51. The van der Waals surface area contributed by atoms with Gasteiger partial charge in [-0.15, -0.1) is 0 Å². The van der Waals surface area contributed by atoms with E-state index in [2.05, 4.69) is 10.2 Å². The molecule has 3 unspecified atom stereocenters. The molecule has 2 fully saturated rings. The lowest BCUT2D eigenvalue weighted by Gasteiger charge is -2.17. The van der Waals surface area contributed by atoms with Crippen LogP contribution in [0.15, 0.2) is 0 Å². The van der Waals surface area contributed by atoms with Gasteiger partial charge in [0.15, 0.2) is 0 Å². The largest absolute Gasteiger partial charge is 0.380 e. The molecule has 2 saturated heterocycles. The quantitative estimate of drug-likeness (QED) is 0.539. The number of ether oxygens (including phenoxy) is 2. The molecule has 0 aromatic carbocycles. The zero-order valence-electron chi connectivity index (χ0n) is 5.88. The van der Waals surface area contributed by atoms with Crippen molar-refractivity contribution in [1.82, 2.24) is 0 Å². The molecule has 0 aliphatic carbocycles. The maximum absolute atomic E-state index is 5.59. The van der Waals surface area contributed by atoms with Gasteiger partial charge in [-0.1, -0.05) is 0 Å². The summed E-state index contributed by atoms with van der Waals surface area (Å²) >= 11 is 0. The summed E-state index contributed by atoms with van der Waals surface area (Å²) in [6.07, 6.45) is 5.46. The van der Waals surface area contributed by atoms with Crippen molar-refractivity contribution in [1.29, 1.82) is 0 Å². The van der Waals surface area contributed by atoms with Crippen LogP contribution in [0.25, 0.3) is 0 Å². The van der Waals surface area contributed by atoms with Gasteiger partial charge < -0.3 is 9.47 Å². The van der Waals surface area contributed by atoms with Crippen LogP contribution in [0.5, 0.6) is 0 Å². The third-order valence-electron chi connectivity index (χ3n) is 2.35. The molecule has 3 heteroatoms. The highest BCUT2D eigenvalue weighted by Gasteiger charge is 2.40. The molecule has 2 aliphatic rings. The Balaban J connectivity index is 1.90. The molecule has 0 amide bonds. The molecule has 55 valence electrons. The van der Waals surface area contributed by atoms with Crippen LogP contribution in [-0.4, -0.2) is 34.8 Å². The van der Waals surface area contributed by atoms with Gasteiger partial charge in [-0.25, -0.2) is 0 Å². The summed E-state index contributed by atoms with van der Waals surface area (Å²) < 4.78 is 11.0. The van der Waals surface area contributed by atoms with Gasteiger partial charge in [0.2, 0.25) is 0 Å². The Morgan fingerprint density at radius 1 is 1.50 bits per heavy atom. The predicted molar refractivity (Wildman–Crippen MR) is 38.0 cm³/mol. The smallest absolute Gasteiger partial charge is 0.0856 e. The van der Waals surface area contributed by atoms with Crippen LogP contribution >= 0.6 is 0 Å². The summed E-state index contributed by atoms with van der Waals surface area (Å²) in [5.41, 5.74) is 0. The van der Waals surface area contributed by atoms with E-state index in [1.54, 1.807) is 0 Å². The third kappa shape index (κ3) is 1.02. The molecule has 0 aromatic rings. The number of hydrogen-bond donors (Lipinski definition) is 0. The van der Waals surface area contributed by atoms with Crippen molar-refractivity contribution in [3.05, 3.63) is 0 Å². The summed E-state index contributed by atoms with van der Waals surface area (Å²) in [6.45, 7) is 0. The second kappa shape index (κ2) is 2.64. The highest BCUT2D eigenvalue weighted by molar-refractivity contribution is 6.08. The summed E-state index contributed by atoms with van der Waals surface area (Å²) in [4.78, 5) is 0. The van der Waals surface area contributed by atoms with Crippen LogP contribution < -0.4 is 0 Å². The summed E-state index contributed by atoms with van der Waals surface area (Å²) in [5.74, 6) is 0. The molecular formula is C7H11O2Si. The minimum absolute atomic E-state index is 0.372. The Kier molecular flexibility index (Phi) is 1.80. The van der Waals surface area contributed by atoms with E-state index in [4.69, 9.17) is 9.47 Å². The van der Waals surface area contributed by atoms with Crippen LogP contribution in [0, 0.1) is 0 Å². The maximum atomic E-state index is 5.59. The van der Waals surface area contributed by atoms with E-state index in [0.717, 1.165) is 6.42 Å². The zero-order valence-corrected chi connectivity index (χ0v) is 6.88. The lowest BCUT2D eigenvalue weighted by atomic mass is 9.98. The van der Waals surface area contributed by atoms with Gasteiger partial charge in [-0.05, 0) is 12.8 Å². The van der Waals surface area contributed by atoms with Crippen LogP contribution in [-0.2, 0) is 9.47 Å². The molecule has 3 atom stereocenters. The van der Waals surface area contributed by atoms with Crippen molar-refractivity contribution >= 4 is 10.2 Å². The second-order valence-corrected chi connectivity index (χ2v) is 3.25. The SMILES string of the molecule is [Si]COC1CC2CCC1O2. The summed E-state index contributed by atoms with van der Waals surface area (Å²) in [6, 6.07) is 0. The van der Waals surface area contributed by atoms with Gasteiger partial charge in [0, 0.05) is 12.7 Å². The van der Waals surface area contributed by atoms with E-state index >= 15 is 0 Å². The van der Waals surface area contributed by atoms with Crippen molar-refractivity contribution in [3.8, 4) is 0 Å². The van der Waals surface area contributed by atoms with Crippen LogP contribution in [0.2, 0.25) is 0 Å². The standard InChI is InChI=1S/C7H11O2Si/c10-4-8-7-3-5-1-2-6(7)9-5/h5-7H,1-4H2. The number of hydrogen-bond acceptors (Lipinski definition) is 2. The topological polar surface area (TPSA) is 18.5 Å². The normalized spacial score (nSPS) is 44.7. The first-order valence-electron chi connectivity index (χ1n) is 3.82. The first-order valence-corrected chi connectivity index (χ1v) is 4.52. The zero-order chi connectivity index (χ0) is 6.97. The van der Waals surface area contributed by atoms with Crippen molar-refractivity contribution in [3.63, 3.8) is 0 Å². The highest BCUT2D eigenvalue weighted by Crippen LogP contribution is 2.35. The minimum Gasteiger partial charge on any atom is -0.380 e. The van der Waals surface area contributed by atoms with E-state index in [0.29, 0.717) is 24.5 Å². The van der Waals surface area contributed by atoms with Crippen molar-refractivity contribution < 1.29 is 9.47 Å². The number of rotatable bonds is 2. The summed E-state index contributed by atoms with van der Waals surface area (Å²) in [7, 11) is 3.30. The molecule has 0 aromatic heterocycles. The van der Waals surface area contributed by atoms with Crippen molar-refractivity contribution in [2.75, 3.05) is 6.23 Å². The predicted octanol–water partition coefficient (Wildman–Crippen LogP) is 0.449. The Bertz CT molecular complexity index is 129. The highest BCUT2D eigenvalue weighted by atomic mass is 28.1. The molecule has 0 N–H and O–H groups in total. The van der Waals surface area contributed by atoms with Crippen molar-refractivity contribution in [2.45, 2.75) is 37.6 Å². The molecule has 2 nitrogen and oxygen atoms in total. The average Bonchev–Trinajstić information content (AvgIpc) is 2.48. The van der Waals surface area contributed by atoms with Gasteiger partial charge in [0.25, 0.3) is 0 Å². The fourth-order valence-corrected chi connectivity index (χ4v) is 2.09. The molecule has 0 spiro atoms. The molecule has 10 heavy (non-hydrogen) atoms. The van der Waals surface area contributed by atoms with Gasteiger partial charge >= 0.3 is 0 Å². The molecular weight excluding hydrogens is 144 g/mol. The van der Waals surface area contributed by atoms with Gasteiger partial charge in [0.05, 0.1) is 28.6 Å². The van der Waals surface area contributed by atoms with E-state index in [-0.39, 0.29) is 0 Å². The average molecular weight is 155 g/mol. The molecule has 3 radical (unpaired) electrons. The lowest BCUT2D eigenvalue weighted by molar-refractivity contribution is 0.0183. The fraction of sp³-hybridized carbons (Fsp3) is 1.00. The van der Waals surface area contributed by atoms with E-state index in [9.17, 15) is 0 Å².